The number of aliphatic hydroxyl groups excluding tert-OH is 1. The molecule has 1 N–H and O–H groups in total. The second-order valence-corrected chi connectivity index (χ2v) is 4.49. The van der Waals surface area contributed by atoms with Crippen LogP contribution in [0.4, 0.5) is 0 Å². The van der Waals surface area contributed by atoms with Crippen LogP contribution >= 0.6 is 0 Å². The van der Waals surface area contributed by atoms with E-state index < -0.39 is 0 Å². The fourth-order valence-electron chi connectivity index (χ4n) is 2.29. The number of fused-ring (bicyclic) bond motifs is 1. The summed E-state index contributed by atoms with van der Waals surface area (Å²) in [6.07, 6.45) is 4.25. The van der Waals surface area contributed by atoms with Gasteiger partial charge in [0.05, 0.1) is 13.2 Å². The van der Waals surface area contributed by atoms with Crippen LogP contribution in [-0.2, 0) is 29.0 Å². The highest BCUT2D eigenvalue weighted by Gasteiger charge is 2.14. The molecule has 1 aliphatic rings. The van der Waals surface area contributed by atoms with Gasteiger partial charge in [0, 0.05) is 6.08 Å². The second kappa shape index (κ2) is 5.83. The van der Waals surface area contributed by atoms with Crippen molar-refractivity contribution in [2.75, 3.05) is 6.61 Å². The lowest BCUT2D eigenvalue weighted by atomic mass is 9.87. The number of aliphatic hydroxyl groups is 1. The Kier molecular flexibility index (Phi) is 4.15. The molecular formula is C15H18O3. The van der Waals surface area contributed by atoms with Crippen LogP contribution in [0.5, 0.6) is 0 Å². The topological polar surface area (TPSA) is 46.5 Å². The Hall–Kier alpha value is -1.61. The highest BCUT2D eigenvalue weighted by Crippen LogP contribution is 2.26. The Morgan fingerprint density at radius 1 is 1.39 bits per heavy atom. The van der Waals surface area contributed by atoms with Gasteiger partial charge >= 0.3 is 5.97 Å². The minimum Gasteiger partial charge on any atom is -0.463 e. The molecule has 2 rings (SSSR count). The number of ether oxygens (including phenoxy) is 1. The summed E-state index contributed by atoms with van der Waals surface area (Å²) < 4.78 is 4.92. The molecule has 0 amide bonds. The predicted octanol–water partition coefficient (Wildman–Crippen LogP) is 2.16. The largest absolute Gasteiger partial charge is 0.463 e. The lowest BCUT2D eigenvalue weighted by Crippen LogP contribution is -2.09. The normalized spacial score (nSPS) is 16.4. The van der Waals surface area contributed by atoms with Crippen LogP contribution in [0.15, 0.2) is 29.8 Å². The Morgan fingerprint density at radius 2 is 2.22 bits per heavy atom. The number of allylic oxidation sites excluding steroid dienone is 1. The third-order valence-electron chi connectivity index (χ3n) is 3.19. The zero-order valence-corrected chi connectivity index (χ0v) is 10.6. The Morgan fingerprint density at radius 3 is 2.94 bits per heavy atom. The summed E-state index contributed by atoms with van der Waals surface area (Å²) in [5.74, 6) is -0.255. The van der Waals surface area contributed by atoms with Gasteiger partial charge in [-0.2, -0.15) is 0 Å². The number of rotatable bonds is 3. The van der Waals surface area contributed by atoms with Gasteiger partial charge in [-0.05, 0) is 42.9 Å². The molecule has 1 aromatic carbocycles. The van der Waals surface area contributed by atoms with Gasteiger partial charge in [0.2, 0.25) is 0 Å². The number of aryl methyl sites for hydroxylation is 1. The Labute approximate surface area is 107 Å². The first-order valence-electron chi connectivity index (χ1n) is 6.30. The van der Waals surface area contributed by atoms with E-state index in [0.717, 1.165) is 30.4 Å². The minimum atomic E-state index is -0.255. The number of benzene rings is 1. The maximum Gasteiger partial charge on any atom is 0.330 e. The SMILES string of the molecule is CCOC(=O)C=C1CCc2ccc(CO)cc2C1. The Balaban J connectivity index is 2.15. The standard InChI is InChI=1S/C15H18O3/c1-2-18-15(17)9-11-3-5-13-6-4-12(10-16)8-14(13)7-11/h4,6,8-9,16H,2-3,5,7,10H2,1H3. The first-order valence-corrected chi connectivity index (χ1v) is 6.30. The van der Waals surface area contributed by atoms with Crippen LogP contribution in [0.25, 0.3) is 0 Å². The lowest BCUT2D eigenvalue weighted by Gasteiger charge is -2.19. The molecule has 0 bridgehead atoms. The molecule has 96 valence electrons. The zero-order valence-electron chi connectivity index (χ0n) is 10.6. The van der Waals surface area contributed by atoms with E-state index in [1.807, 2.05) is 12.1 Å². The number of hydrogen-bond donors (Lipinski definition) is 1. The molecule has 3 heteroatoms. The van der Waals surface area contributed by atoms with Gasteiger partial charge in [0.25, 0.3) is 0 Å². The molecule has 0 atom stereocenters. The van der Waals surface area contributed by atoms with E-state index in [0.29, 0.717) is 6.61 Å². The van der Waals surface area contributed by atoms with Gasteiger partial charge in [0.1, 0.15) is 0 Å². The fourth-order valence-corrected chi connectivity index (χ4v) is 2.29. The smallest absolute Gasteiger partial charge is 0.330 e. The predicted molar refractivity (Wildman–Crippen MR) is 69.1 cm³/mol. The Bertz CT molecular complexity index is 475. The third kappa shape index (κ3) is 2.99. The molecule has 18 heavy (non-hydrogen) atoms. The monoisotopic (exact) mass is 246 g/mol. The summed E-state index contributed by atoms with van der Waals surface area (Å²) >= 11 is 0. The minimum absolute atomic E-state index is 0.0597. The van der Waals surface area contributed by atoms with Crippen LogP contribution in [0.2, 0.25) is 0 Å². The lowest BCUT2D eigenvalue weighted by molar-refractivity contribution is -0.137. The molecule has 3 nitrogen and oxygen atoms in total. The molecule has 1 aliphatic carbocycles. The van der Waals surface area contributed by atoms with Gasteiger partial charge < -0.3 is 9.84 Å². The molecule has 0 aromatic heterocycles. The average molecular weight is 246 g/mol. The van der Waals surface area contributed by atoms with E-state index in [9.17, 15) is 4.79 Å². The van der Waals surface area contributed by atoms with Crippen molar-refractivity contribution in [3.05, 3.63) is 46.5 Å². The summed E-state index contributed by atoms with van der Waals surface area (Å²) in [6.45, 7) is 2.28. The van der Waals surface area contributed by atoms with Gasteiger partial charge in [-0.3, -0.25) is 0 Å². The fraction of sp³-hybridized carbons (Fsp3) is 0.400. The zero-order chi connectivity index (χ0) is 13.0. The van der Waals surface area contributed by atoms with Gasteiger partial charge in [-0.15, -0.1) is 0 Å². The van der Waals surface area contributed by atoms with Crippen molar-refractivity contribution in [3.8, 4) is 0 Å². The number of carbonyl (C=O) groups excluding carboxylic acids is 1. The number of hydrogen-bond acceptors (Lipinski definition) is 3. The summed E-state index contributed by atoms with van der Waals surface area (Å²) in [7, 11) is 0. The van der Waals surface area contributed by atoms with E-state index in [4.69, 9.17) is 9.84 Å². The van der Waals surface area contributed by atoms with Crippen LogP contribution < -0.4 is 0 Å². The van der Waals surface area contributed by atoms with Gasteiger partial charge in [-0.1, -0.05) is 23.8 Å². The number of esters is 1. The van der Waals surface area contributed by atoms with Crippen LogP contribution in [0.1, 0.15) is 30.0 Å². The molecule has 1 aromatic rings. The highest BCUT2D eigenvalue weighted by molar-refractivity contribution is 5.83. The van der Waals surface area contributed by atoms with Crippen molar-refractivity contribution in [3.63, 3.8) is 0 Å². The summed E-state index contributed by atoms with van der Waals surface area (Å²) in [5.41, 5.74) is 4.55. The van der Waals surface area contributed by atoms with E-state index in [1.165, 1.54) is 11.1 Å². The molecule has 0 heterocycles. The first-order chi connectivity index (χ1) is 8.72. The molecule has 0 aliphatic heterocycles. The van der Waals surface area contributed by atoms with E-state index in [2.05, 4.69) is 6.07 Å². The first kappa shape index (κ1) is 12.8. The highest BCUT2D eigenvalue weighted by atomic mass is 16.5. The van der Waals surface area contributed by atoms with E-state index >= 15 is 0 Å². The second-order valence-electron chi connectivity index (χ2n) is 4.49. The van der Waals surface area contributed by atoms with Gasteiger partial charge in [0.15, 0.2) is 0 Å². The van der Waals surface area contributed by atoms with E-state index in [1.54, 1.807) is 13.0 Å². The molecule has 0 fully saturated rings. The van der Waals surface area contributed by atoms with Crippen molar-refractivity contribution in [1.29, 1.82) is 0 Å². The van der Waals surface area contributed by atoms with E-state index in [-0.39, 0.29) is 12.6 Å². The maximum absolute atomic E-state index is 11.4. The number of carbonyl (C=O) groups is 1. The van der Waals surface area contributed by atoms with Crippen LogP contribution in [0.3, 0.4) is 0 Å². The summed E-state index contributed by atoms with van der Waals surface area (Å²) in [5, 5.41) is 9.13. The molecule has 0 spiro atoms. The third-order valence-corrected chi connectivity index (χ3v) is 3.19. The van der Waals surface area contributed by atoms with Crippen molar-refractivity contribution in [1.82, 2.24) is 0 Å². The summed E-state index contributed by atoms with van der Waals surface area (Å²) in [6, 6.07) is 6.05. The quantitative estimate of drug-likeness (QED) is 0.656. The summed E-state index contributed by atoms with van der Waals surface area (Å²) in [4.78, 5) is 11.4. The van der Waals surface area contributed by atoms with Crippen molar-refractivity contribution >= 4 is 5.97 Å². The van der Waals surface area contributed by atoms with Gasteiger partial charge in [-0.25, -0.2) is 4.79 Å². The van der Waals surface area contributed by atoms with Crippen LogP contribution in [-0.4, -0.2) is 17.7 Å². The average Bonchev–Trinajstić information content (AvgIpc) is 2.38. The van der Waals surface area contributed by atoms with Crippen molar-refractivity contribution in [2.24, 2.45) is 0 Å². The van der Waals surface area contributed by atoms with Crippen LogP contribution in [0, 0.1) is 0 Å². The molecule has 0 radical (unpaired) electrons. The maximum atomic E-state index is 11.4. The molecule has 0 saturated carbocycles. The van der Waals surface area contributed by atoms with Crippen molar-refractivity contribution in [2.45, 2.75) is 32.8 Å². The molecular weight excluding hydrogens is 228 g/mol. The van der Waals surface area contributed by atoms with Crippen molar-refractivity contribution < 1.29 is 14.6 Å². The molecule has 0 unspecified atom stereocenters. The molecule has 0 saturated heterocycles.